The summed E-state index contributed by atoms with van der Waals surface area (Å²) in [6, 6.07) is 15.2. The Morgan fingerprint density at radius 1 is 1.00 bits per heavy atom. The van der Waals surface area contributed by atoms with Gasteiger partial charge < -0.3 is 13.3 Å². The van der Waals surface area contributed by atoms with Crippen molar-refractivity contribution in [3.63, 3.8) is 0 Å². The molecule has 166 valence electrons. The van der Waals surface area contributed by atoms with Crippen molar-refractivity contribution in [2.75, 3.05) is 13.2 Å². The zero-order chi connectivity index (χ0) is 21.0. The van der Waals surface area contributed by atoms with Gasteiger partial charge in [-0.1, -0.05) is 48.7 Å². The third-order valence-electron chi connectivity index (χ3n) is 7.25. The Balaban J connectivity index is 1.65. The Labute approximate surface area is 187 Å². The van der Waals surface area contributed by atoms with E-state index < -0.39 is 26.4 Å². The third-order valence-corrected chi connectivity index (χ3v) is 17.7. The van der Waals surface area contributed by atoms with Crippen molar-refractivity contribution >= 4 is 31.6 Å². The fraction of sp³-hybridized carbons (Fsp3) is 0.667. The highest BCUT2D eigenvalue weighted by molar-refractivity contribution is 6.94. The van der Waals surface area contributed by atoms with Crippen LogP contribution in [0.4, 0.5) is 0 Å². The van der Waals surface area contributed by atoms with Crippen LogP contribution in [-0.4, -0.2) is 45.2 Å². The molecule has 0 N–H and O–H groups in total. The molecule has 0 bridgehead atoms. The van der Waals surface area contributed by atoms with Crippen molar-refractivity contribution in [3.8, 4) is 0 Å². The zero-order valence-corrected chi connectivity index (χ0v) is 22.4. The number of hydrogen-bond donors (Lipinski definition) is 0. The van der Waals surface area contributed by atoms with Gasteiger partial charge in [-0.3, -0.25) is 0 Å². The summed E-state index contributed by atoms with van der Waals surface area (Å²) >= 11 is 0. The van der Waals surface area contributed by atoms with Gasteiger partial charge in [0.25, 0.3) is 8.32 Å². The highest BCUT2D eigenvalue weighted by Crippen LogP contribution is 2.39. The maximum Gasteiger partial charge on any atom is 0.252 e. The first-order chi connectivity index (χ1) is 14.5. The fourth-order valence-corrected chi connectivity index (χ4v) is 16.9. The van der Waals surface area contributed by atoms with Crippen LogP contribution in [0.5, 0.6) is 0 Å². The maximum absolute atomic E-state index is 7.16. The number of hydrogen-bond acceptors (Lipinski definition) is 3. The van der Waals surface area contributed by atoms with Gasteiger partial charge in [0.05, 0.1) is 5.60 Å². The van der Waals surface area contributed by atoms with E-state index in [0.29, 0.717) is 0 Å². The molecule has 30 heavy (non-hydrogen) atoms. The van der Waals surface area contributed by atoms with Gasteiger partial charge in [-0.15, -0.1) is 6.58 Å². The first-order valence-corrected chi connectivity index (χ1v) is 18.5. The van der Waals surface area contributed by atoms with Crippen LogP contribution in [0, 0.1) is 0 Å². The maximum atomic E-state index is 7.16. The molecule has 0 aliphatic carbocycles. The van der Waals surface area contributed by atoms with Crippen LogP contribution in [0.3, 0.4) is 0 Å². The molecule has 0 saturated carbocycles. The molecule has 3 nitrogen and oxygen atoms in total. The van der Waals surface area contributed by atoms with E-state index in [1.165, 1.54) is 66.2 Å². The van der Waals surface area contributed by atoms with Gasteiger partial charge in [0, 0.05) is 13.2 Å². The molecule has 6 heteroatoms. The second-order valence-corrected chi connectivity index (χ2v) is 18.9. The van der Waals surface area contributed by atoms with Gasteiger partial charge in [-0.2, -0.15) is 0 Å². The number of allylic oxidation sites excluding steroid dienone is 1. The average molecular weight is 461 g/mol. The first-order valence-electron chi connectivity index (χ1n) is 12.2. The normalized spacial score (nSPS) is 31.9. The molecule has 0 radical (unpaired) electrons. The van der Waals surface area contributed by atoms with E-state index in [9.17, 15) is 0 Å². The van der Waals surface area contributed by atoms with Crippen molar-refractivity contribution < 1.29 is 13.3 Å². The molecule has 0 spiro atoms. The summed E-state index contributed by atoms with van der Waals surface area (Å²) in [5.74, 6) is 0. The minimum absolute atomic E-state index is 0.0612. The van der Waals surface area contributed by atoms with Crippen molar-refractivity contribution in [1.82, 2.24) is 0 Å². The van der Waals surface area contributed by atoms with Gasteiger partial charge in [-0.25, -0.2) is 0 Å². The second kappa shape index (κ2) is 9.96. The number of benzene rings is 1. The Kier molecular flexibility index (Phi) is 7.53. The quantitative estimate of drug-likeness (QED) is 0.577. The lowest BCUT2D eigenvalue weighted by atomic mass is 10.0. The molecule has 0 aromatic heterocycles. The topological polar surface area (TPSA) is 27.7 Å². The Bertz CT molecular complexity index is 726. The molecule has 4 rings (SSSR count). The molecule has 3 atom stereocenters. The van der Waals surface area contributed by atoms with E-state index in [2.05, 4.69) is 38.1 Å². The monoisotopic (exact) mass is 460 g/mol. The van der Waals surface area contributed by atoms with Gasteiger partial charge >= 0.3 is 0 Å². The SMILES string of the molecule is C=C(C[SiH]1CCCCO1)[Si]1(c2ccccc2C[SiH]2CCCCO2)CCCC(C)(C)O1. The molecule has 0 amide bonds. The van der Waals surface area contributed by atoms with Crippen LogP contribution >= 0.6 is 0 Å². The summed E-state index contributed by atoms with van der Waals surface area (Å²) < 4.78 is 19.7. The Morgan fingerprint density at radius 2 is 1.70 bits per heavy atom. The van der Waals surface area contributed by atoms with Crippen molar-refractivity contribution in [1.29, 1.82) is 0 Å². The van der Waals surface area contributed by atoms with Gasteiger partial charge in [0.15, 0.2) is 18.1 Å². The molecule has 3 fully saturated rings. The molecule has 3 unspecified atom stereocenters. The standard InChI is InChI=1S/C24H40O3Si3/c1-21(19-28-16-8-6-14-25-28)30(18-10-13-24(2,3)27-30)23-12-5-4-11-22(23)20-29-17-9-7-15-26-29/h4-5,11-12,28-29H,1,6-10,13-20H2,2-3H3. The molecule has 3 heterocycles. The van der Waals surface area contributed by atoms with Crippen LogP contribution in [-0.2, 0) is 19.3 Å². The van der Waals surface area contributed by atoms with Crippen molar-refractivity contribution in [2.45, 2.75) is 88.2 Å². The van der Waals surface area contributed by atoms with E-state index in [-0.39, 0.29) is 5.60 Å². The van der Waals surface area contributed by atoms with Gasteiger partial charge in [-0.05, 0) is 74.1 Å². The summed E-state index contributed by atoms with van der Waals surface area (Å²) in [6.45, 7) is 11.3. The Hall–Kier alpha value is -0.509. The predicted octanol–water partition coefficient (Wildman–Crippen LogP) is 4.67. The lowest BCUT2D eigenvalue weighted by Gasteiger charge is -2.46. The molecule has 1 aromatic carbocycles. The molecular weight excluding hydrogens is 421 g/mol. The fourth-order valence-electron chi connectivity index (χ4n) is 5.68. The molecule has 1 aromatic rings. The highest BCUT2D eigenvalue weighted by Gasteiger charge is 2.48. The largest absolute Gasteiger partial charge is 0.420 e. The van der Waals surface area contributed by atoms with E-state index in [4.69, 9.17) is 19.9 Å². The van der Waals surface area contributed by atoms with Crippen LogP contribution in [0.25, 0.3) is 0 Å². The first kappa shape index (κ1) is 22.7. The summed E-state index contributed by atoms with van der Waals surface area (Å²) in [4.78, 5) is 0. The summed E-state index contributed by atoms with van der Waals surface area (Å²) in [7, 11) is -4.61. The molecule has 3 saturated heterocycles. The minimum Gasteiger partial charge on any atom is -0.420 e. The van der Waals surface area contributed by atoms with E-state index in [1.54, 1.807) is 0 Å². The van der Waals surface area contributed by atoms with Crippen LogP contribution < -0.4 is 5.19 Å². The summed E-state index contributed by atoms with van der Waals surface area (Å²) in [5.41, 5.74) is 1.45. The lowest BCUT2D eigenvalue weighted by Crippen LogP contribution is -2.61. The number of rotatable bonds is 6. The predicted molar refractivity (Wildman–Crippen MR) is 133 cm³/mol. The molecule has 3 aliphatic heterocycles. The van der Waals surface area contributed by atoms with E-state index in [1.807, 2.05) is 0 Å². The second-order valence-electron chi connectivity index (χ2n) is 10.2. The molecular formula is C24H40O3Si3. The molecule has 3 aliphatic rings. The zero-order valence-electron chi connectivity index (χ0n) is 19.1. The minimum atomic E-state index is -2.28. The van der Waals surface area contributed by atoms with Gasteiger partial charge in [0.2, 0.25) is 0 Å². The lowest BCUT2D eigenvalue weighted by molar-refractivity contribution is 0.0756. The van der Waals surface area contributed by atoms with Crippen molar-refractivity contribution in [3.05, 3.63) is 41.6 Å². The third kappa shape index (κ3) is 5.27. The van der Waals surface area contributed by atoms with Crippen LogP contribution in [0.2, 0.25) is 24.2 Å². The van der Waals surface area contributed by atoms with E-state index in [0.717, 1.165) is 31.7 Å². The Morgan fingerprint density at radius 3 is 2.37 bits per heavy atom. The van der Waals surface area contributed by atoms with Gasteiger partial charge in [0.1, 0.15) is 0 Å². The summed E-state index contributed by atoms with van der Waals surface area (Å²) in [5, 5.41) is 2.92. The van der Waals surface area contributed by atoms with Crippen LogP contribution in [0.1, 0.15) is 57.9 Å². The average Bonchev–Trinajstić information content (AvgIpc) is 2.75. The smallest absolute Gasteiger partial charge is 0.252 e. The summed E-state index contributed by atoms with van der Waals surface area (Å²) in [6.07, 6.45) is 7.56. The van der Waals surface area contributed by atoms with Crippen molar-refractivity contribution in [2.24, 2.45) is 0 Å². The van der Waals surface area contributed by atoms with Crippen LogP contribution in [0.15, 0.2) is 36.0 Å². The van der Waals surface area contributed by atoms with E-state index >= 15 is 0 Å². The highest BCUT2D eigenvalue weighted by atomic mass is 28.4.